The fraction of sp³-hybridized carbons (Fsp3) is 0.250. The number of carboxylic acid groups (broad SMARTS) is 1. The van der Waals surface area contributed by atoms with Gasteiger partial charge in [0.15, 0.2) is 0 Å². The van der Waals surface area contributed by atoms with E-state index in [1.54, 1.807) is 4.68 Å². The summed E-state index contributed by atoms with van der Waals surface area (Å²) in [5.74, 6) is -0.0477. The lowest BCUT2D eigenvalue weighted by molar-refractivity contribution is -0.135. The van der Waals surface area contributed by atoms with Gasteiger partial charge < -0.3 is 14.8 Å². The number of nitrogens with one attached hydrogen (secondary N) is 1. The molecule has 0 aliphatic carbocycles. The fourth-order valence-electron chi connectivity index (χ4n) is 3.81. The molecule has 0 aliphatic rings. The molecule has 164 valence electrons. The number of carboxylic acids is 1. The fourth-order valence-corrected chi connectivity index (χ4v) is 3.81. The van der Waals surface area contributed by atoms with Gasteiger partial charge in [-0.15, -0.1) is 10.2 Å². The number of nitrogens with zero attached hydrogens (tertiary/aromatic N) is 4. The Balaban J connectivity index is 1.54. The molecule has 0 saturated carbocycles. The molecular formula is C24H25N5O3. The third-order valence-corrected chi connectivity index (χ3v) is 5.36. The minimum atomic E-state index is -0.857. The minimum Gasteiger partial charge on any atom is -0.480 e. The number of hydrogen-bond acceptors (Lipinski definition) is 6. The lowest BCUT2D eigenvalue weighted by atomic mass is 9.97. The molecule has 8 nitrogen and oxygen atoms in total. The van der Waals surface area contributed by atoms with Crippen molar-refractivity contribution in [3.05, 3.63) is 65.2 Å². The van der Waals surface area contributed by atoms with Crippen molar-refractivity contribution >= 4 is 5.97 Å². The smallest absolute Gasteiger partial charge is 0.317 e. The number of aryl methyl sites for hydroxylation is 3. The molecule has 0 fully saturated rings. The maximum Gasteiger partial charge on any atom is 0.317 e. The van der Waals surface area contributed by atoms with E-state index in [1.807, 2.05) is 69.4 Å². The molecule has 0 unspecified atom stereocenters. The Bertz CT molecular complexity index is 1220. The summed E-state index contributed by atoms with van der Waals surface area (Å²) < 4.78 is 7.76. The van der Waals surface area contributed by atoms with Gasteiger partial charge in [0.1, 0.15) is 5.69 Å². The quantitative estimate of drug-likeness (QED) is 0.410. The highest BCUT2D eigenvalue weighted by Gasteiger charge is 2.17. The normalized spacial score (nSPS) is 11.1. The van der Waals surface area contributed by atoms with Gasteiger partial charge in [0.05, 0.1) is 12.2 Å². The first-order chi connectivity index (χ1) is 15.4. The SMILES string of the molecule is Cc1cc(-c2nnc(-c3cc(-c4ccccc4)n(C)n3)o2)cc(C)c1CCNCC(=O)O. The van der Waals surface area contributed by atoms with Crippen LogP contribution in [0.4, 0.5) is 0 Å². The number of carbonyl (C=O) groups is 1. The Hall–Kier alpha value is -3.78. The molecule has 8 heteroatoms. The van der Waals surface area contributed by atoms with E-state index in [0.717, 1.165) is 34.4 Å². The second kappa shape index (κ2) is 9.15. The number of rotatable bonds is 8. The van der Waals surface area contributed by atoms with Crippen LogP contribution in [0, 0.1) is 13.8 Å². The van der Waals surface area contributed by atoms with E-state index in [9.17, 15) is 4.79 Å². The van der Waals surface area contributed by atoms with Crippen molar-refractivity contribution < 1.29 is 14.3 Å². The van der Waals surface area contributed by atoms with Crippen LogP contribution in [0.15, 0.2) is 52.9 Å². The van der Waals surface area contributed by atoms with Gasteiger partial charge in [-0.05, 0) is 67.3 Å². The lowest BCUT2D eigenvalue weighted by Crippen LogP contribution is -2.25. The van der Waals surface area contributed by atoms with Gasteiger partial charge in [-0.2, -0.15) is 5.10 Å². The van der Waals surface area contributed by atoms with E-state index in [4.69, 9.17) is 9.52 Å². The van der Waals surface area contributed by atoms with Gasteiger partial charge in [0, 0.05) is 12.6 Å². The topological polar surface area (TPSA) is 106 Å². The van der Waals surface area contributed by atoms with Crippen LogP contribution in [0.5, 0.6) is 0 Å². The van der Waals surface area contributed by atoms with E-state index in [1.165, 1.54) is 5.56 Å². The van der Waals surface area contributed by atoms with Crippen molar-refractivity contribution in [1.29, 1.82) is 0 Å². The van der Waals surface area contributed by atoms with E-state index in [-0.39, 0.29) is 6.54 Å². The highest BCUT2D eigenvalue weighted by molar-refractivity contribution is 5.69. The van der Waals surface area contributed by atoms with Gasteiger partial charge in [-0.25, -0.2) is 0 Å². The first-order valence-corrected chi connectivity index (χ1v) is 10.4. The zero-order valence-corrected chi connectivity index (χ0v) is 18.3. The Morgan fingerprint density at radius 3 is 2.41 bits per heavy atom. The summed E-state index contributed by atoms with van der Waals surface area (Å²) in [5, 5.41) is 24.7. The molecule has 2 N–H and O–H groups in total. The highest BCUT2D eigenvalue weighted by atomic mass is 16.4. The molecule has 2 aromatic heterocycles. The molecule has 0 amide bonds. The first-order valence-electron chi connectivity index (χ1n) is 10.4. The molecule has 32 heavy (non-hydrogen) atoms. The lowest BCUT2D eigenvalue weighted by Gasteiger charge is -2.11. The molecule has 0 saturated heterocycles. The van der Waals surface area contributed by atoms with Gasteiger partial charge in [0.25, 0.3) is 5.89 Å². The number of hydrogen-bond donors (Lipinski definition) is 2. The van der Waals surface area contributed by atoms with E-state index >= 15 is 0 Å². The van der Waals surface area contributed by atoms with Crippen LogP contribution in [0.25, 0.3) is 34.3 Å². The van der Waals surface area contributed by atoms with Crippen molar-refractivity contribution in [2.45, 2.75) is 20.3 Å². The van der Waals surface area contributed by atoms with E-state index in [0.29, 0.717) is 24.0 Å². The first kappa shape index (κ1) is 21.5. The maximum atomic E-state index is 10.7. The van der Waals surface area contributed by atoms with Crippen LogP contribution in [-0.4, -0.2) is 44.1 Å². The molecule has 2 heterocycles. The average molecular weight is 431 g/mol. The number of benzene rings is 2. The summed E-state index contributed by atoms with van der Waals surface area (Å²) in [6, 6.07) is 16.0. The highest BCUT2D eigenvalue weighted by Crippen LogP contribution is 2.29. The van der Waals surface area contributed by atoms with Crippen LogP contribution in [0.2, 0.25) is 0 Å². The number of aliphatic carboxylic acids is 1. The van der Waals surface area contributed by atoms with Crippen molar-refractivity contribution in [2.75, 3.05) is 13.1 Å². The standard InChI is InChI=1S/C24H25N5O3/c1-15-11-18(12-16(2)19(15)9-10-25-14-22(30)31)23-26-27-24(32-23)20-13-21(29(3)28-20)17-7-5-4-6-8-17/h4-8,11-13,25H,9-10,14H2,1-3H3,(H,30,31). The monoisotopic (exact) mass is 431 g/mol. The molecule has 4 rings (SSSR count). The zero-order chi connectivity index (χ0) is 22.7. The van der Waals surface area contributed by atoms with Crippen LogP contribution in [0.3, 0.4) is 0 Å². The molecule has 0 spiro atoms. The predicted molar refractivity (Wildman–Crippen MR) is 121 cm³/mol. The third-order valence-electron chi connectivity index (χ3n) is 5.36. The zero-order valence-electron chi connectivity index (χ0n) is 18.3. The van der Waals surface area contributed by atoms with Crippen molar-refractivity contribution in [2.24, 2.45) is 7.05 Å². The number of aromatic nitrogens is 4. The molecule has 0 bridgehead atoms. The average Bonchev–Trinajstić information content (AvgIpc) is 3.40. The molecular weight excluding hydrogens is 406 g/mol. The molecule has 0 radical (unpaired) electrons. The van der Waals surface area contributed by atoms with Crippen molar-refractivity contribution in [3.63, 3.8) is 0 Å². The van der Waals surface area contributed by atoms with Crippen LogP contribution < -0.4 is 5.32 Å². The van der Waals surface area contributed by atoms with Crippen LogP contribution >= 0.6 is 0 Å². The predicted octanol–water partition coefficient (Wildman–Crippen LogP) is 3.64. The summed E-state index contributed by atoms with van der Waals surface area (Å²) in [6.45, 7) is 4.62. The summed E-state index contributed by atoms with van der Waals surface area (Å²) >= 11 is 0. The van der Waals surface area contributed by atoms with Gasteiger partial charge in [0.2, 0.25) is 5.89 Å². The van der Waals surface area contributed by atoms with E-state index < -0.39 is 5.97 Å². The van der Waals surface area contributed by atoms with Gasteiger partial charge >= 0.3 is 5.97 Å². The van der Waals surface area contributed by atoms with E-state index in [2.05, 4.69) is 20.6 Å². The largest absolute Gasteiger partial charge is 0.480 e. The van der Waals surface area contributed by atoms with Gasteiger partial charge in [-0.1, -0.05) is 30.3 Å². The molecule has 2 aromatic carbocycles. The molecule has 0 atom stereocenters. The third kappa shape index (κ3) is 4.60. The molecule has 0 aliphatic heterocycles. The second-order valence-corrected chi connectivity index (χ2v) is 7.73. The molecule has 4 aromatic rings. The Morgan fingerprint density at radius 2 is 1.72 bits per heavy atom. The maximum absolute atomic E-state index is 10.7. The Labute approximate surface area is 185 Å². The summed E-state index contributed by atoms with van der Waals surface area (Å²) in [6.07, 6.45) is 0.747. The van der Waals surface area contributed by atoms with Crippen LogP contribution in [-0.2, 0) is 18.3 Å². The van der Waals surface area contributed by atoms with Crippen molar-refractivity contribution in [1.82, 2.24) is 25.3 Å². The minimum absolute atomic E-state index is 0.0412. The van der Waals surface area contributed by atoms with Crippen molar-refractivity contribution in [3.8, 4) is 34.3 Å². The second-order valence-electron chi connectivity index (χ2n) is 7.73. The summed E-state index contributed by atoms with van der Waals surface area (Å²) in [5.41, 5.74) is 6.88. The van der Waals surface area contributed by atoms with Crippen LogP contribution in [0.1, 0.15) is 16.7 Å². The Morgan fingerprint density at radius 1 is 1.03 bits per heavy atom. The Kier molecular flexibility index (Phi) is 6.13. The summed E-state index contributed by atoms with van der Waals surface area (Å²) in [7, 11) is 1.89. The summed E-state index contributed by atoms with van der Waals surface area (Å²) in [4.78, 5) is 10.7. The van der Waals surface area contributed by atoms with Gasteiger partial charge in [-0.3, -0.25) is 9.48 Å².